The van der Waals surface area contributed by atoms with E-state index in [1.54, 1.807) is 0 Å². The monoisotopic (exact) mass is 321 g/mol. The van der Waals surface area contributed by atoms with E-state index in [2.05, 4.69) is 0 Å². The van der Waals surface area contributed by atoms with Crippen LogP contribution in [0.4, 0.5) is 17.6 Å². The molecule has 0 amide bonds. The fourth-order valence-electron chi connectivity index (χ4n) is 1.84. The molecule has 0 bridgehead atoms. The molecule has 8 heteroatoms. The van der Waals surface area contributed by atoms with Crippen molar-refractivity contribution in [2.24, 2.45) is 0 Å². The van der Waals surface area contributed by atoms with Gasteiger partial charge in [0.15, 0.2) is 0 Å². The van der Waals surface area contributed by atoms with Gasteiger partial charge in [-0.25, -0.2) is 9.18 Å². The predicted octanol–water partition coefficient (Wildman–Crippen LogP) is 4.05. The zero-order valence-corrected chi connectivity index (χ0v) is 11.0. The minimum Gasteiger partial charge on any atom is -0.478 e. The summed E-state index contributed by atoms with van der Waals surface area (Å²) in [4.78, 5) is 10.8. The van der Waals surface area contributed by atoms with Crippen LogP contribution in [0.2, 0.25) is 5.02 Å². The Hall–Kier alpha value is -2.02. The molecule has 2 rings (SSSR count). The highest BCUT2D eigenvalue weighted by Crippen LogP contribution is 2.33. The zero-order chi connectivity index (χ0) is 15.8. The van der Waals surface area contributed by atoms with Gasteiger partial charge in [0.25, 0.3) is 0 Å². The van der Waals surface area contributed by atoms with Gasteiger partial charge in [0.2, 0.25) is 0 Å². The topological polar surface area (TPSA) is 42.2 Å². The highest BCUT2D eigenvalue weighted by molar-refractivity contribution is 6.30. The van der Waals surface area contributed by atoms with Gasteiger partial charge in [-0.15, -0.1) is 0 Å². The van der Waals surface area contributed by atoms with E-state index >= 15 is 0 Å². The first-order valence-corrected chi connectivity index (χ1v) is 6.00. The molecule has 0 aliphatic heterocycles. The number of carbonyl (C=O) groups is 1. The standard InChI is InChI=1S/C13H8ClF4NO2/c14-8-2-1-7(11(15)3-8)4-19-5-9(12(20)21)10(6-19)13(16,17)18/h1-3,5-6H,4H2,(H,20,21). The molecule has 0 radical (unpaired) electrons. The van der Waals surface area contributed by atoms with Crippen LogP contribution in [0.25, 0.3) is 0 Å². The van der Waals surface area contributed by atoms with Gasteiger partial charge in [0.1, 0.15) is 5.82 Å². The number of alkyl halides is 3. The number of aromatic nitrogens is 1. The van der Waals surface area contributed by atoms with Gasteiger partial charge in [0.05, 0.1) is 11.1 Å². The molecule has 0 fully saturated rings. The second kappa shape index (κ2) is 5.40. The van der Waals surface area contributed by atoms with Crippen LogP contribution in [0.1, 0.15) is 21.5 Å². The van der Waals surface area contributed by atoms with Crippen molar-refractivity contribution < 1.29 is 27.5 Å². The number of rotatable bonds is 3. The van der Waals surface area contributed by atoms with Crippen LogP contribution in [0, 0.1) is 5.82 Å². The molecule has 0 aliphatic rings. The minimum atomic E-state index is -4.79. The second-order valence-corrected chi connectivity index (χ2v) is 4.73. The minimum absolute atomic E-state index is 0.0973. The van der Waals surface area contributed by atoms with Crippen molar-refractivity contribution in [1.29, 1.82) is 0 Å². The zero-order valence-electron chi connectivity index (χ0n) is 10.3. The quantitative estimate of drug-likeness (QED) is 0.867. The number of aromatic carboxylic acids is 1. The first kappa shape index (κ1) is 15.4. The van der Waals surface area contributed by atoms with E-state index in [-0.39, 0.29) is 17.1 Å². The number of nitrogens with zero attached hydrogens (tertiary/aromatic N) is 1. The molecule has 0 spiro atoms. The third-order valence-electron chi connectivity index (χ3n) is 2.78. The van der Waals surface area contributed by atoms with Crippen LogP contribution in [0.5, 0.6) is 0 Å². The SMILES string of the molecule is O=C(O)c1cn(Cc2ccc(Cl)cc2F)cc1C(F)(F)F. The number of benzene rings is 1. The number of carboxylic acids is 1. The van der Waals surface area contributed by atoms with E-state index in [0.29, 0.717) is 6.20 Å². The maximum Gasteiger partial charge on any atom is 0.418 e. The Morgan fingerprint density at radius 2 is 1.95 bits per heavy atom. The van der Waals surface area contributed by atoms with Gasteiger partial charge in [-0.2, -0.15) is 13.2 Å². The van der Waals surface area contributed by atoms with Crippen molar-refractivity contribution in [1.82, 2.24) is 4.57 Å². The lowest BCUT2D eigenvalue weighted by Gasteiger charge is -2.06. The van der Waals surface area contributed by atoms with E-state index in [0.717, 1.165) is 16.8 Å². The van der Waals surface area contributed by atoms with E-state index in [1.165, 1.54) is 12.1 Å². The first-order chi connectivity index (χ1) is 9.68. The average molecular weight is 322 g/mol. The van der Waals surface area contributed by atoms with Gasteiger partial charge in [0, 0.05) is 29.5 Å². The summed E-state index contributed by atoms with van der Waals surface area (Å²) in [5.74, 6) is -2.38. The fourth-order valence-corrected chi connectivity index (χ4v) is 2.00. The Kier molecular flexibility index (Phi) is 3.95. The third-order valence-corrected chi connectivity index (χ3v) is 3.02. The van der Waals surface area contributed by atoms with E-state index in [1.807, 2.05) is 0 Å². The average Bonchev–Trinajstić information content (AvgIpc) is 2.77. The molecule has 3 nitrogen and oxygen atoms in total. The molecule has 21 heavy (non-hydrogen) atoms. The summed E-state index contributed by atoms with van der Waals surface area (Å²) in [6.45, 7) is -0.237. The first-order valence-electron chi connectivity index (χ1n) is 5.62. The summed E-state index contributed by atoms with van der Waals surface area (Å²) in [5.41, 5.74) is -2.05. The summed E-state index contributed by atoms with van der Waals surface area (Å²) < 4.78 is 52.7. The lowest BCUT2D eigenvalue weighted by Crippen LogP contribution is -2.09. The number of carboxylic acid groups (broad SMARTS) is 1. The number of halogens is 5. The van der Waals surface area contributed by atoms with Gasteiger partial charge in [-0.05, 0) is 12.1 Å². The van der Waals surface area contributed by atoms with Gasteiger partial charge >= 0.3 is 12.1 Å². The van der Waals surface area contributed by atoms with Crippen molar-refractivity contribution in [3.8, 4) is 0 Å². The highest BCUT2D eigenvalue weighted by atomic mass is 35.5. The molecule has 0 saturated carbocycles. The fraction of sp³-hybridized carbons (Fsp3) is 0.154. The van der Waals surface area contributed by atoms with Crippen LogP contribution in [0.15, 0.2) is 30.6 Å². The smallest absolute Gasteiger partial charge is 0.418 e. The van der Waals surface area contributed by atoms with Crippen LogP contribution in [-0.2, 0) is 12.7 Å². The highest BCUT2D eigenvalue weighted by Gasteiger charge is 2.37. The molecule has 1 N–H and O–H groups in total. The van der Waals surface area contributed by atoms with Crippen LogP contribution in [-0.4, -0.2) is 15.6 Å². The van der Waals surface area contributed by atoms with Gasteiger partial charge in [-0.3, -0.25) is 0 Å². The summed E-state index contributed by atoms with van der Waals surface area (Å²) >= 11 is 5.58. The van der Waals surface area contributed by atoms with E-state index in [4.69, 9.17) is 16.7 Å². The number of hydrogen-bond acceptors (Lipinski definition) is 1. The van der Waals surface area contributed by atoms with Crippen molar-refractivity contribution in [2.75, 3.05) is 0 Å². The van der Waals surface area contributed by atoms with Crippen LogP contribution < -0.4 is 0 Å². The molecule has 112 valence electrons. The van der Waals surface area contributed by atoms with E-state index in [9.17, 15) is 22.4 Å². The Morgan fingerprint density at radius 1 is 1.29 bits per heavy atom. The van der Waals surface area contributed by atoms with E-state index < -0.39 is 29.1 Å². The molecule has 1 heterocycles. The summed E-state index contributed by atoms with van der Waals surface area (Å²) in [6.07, 6.45) is -3.34. The van der Waals surface area contributed by atoms with Crippen LogP contribution in [0.3, 0.4) is 0 Å². The maximum atomic E-state index is 13.6. The maximum absolute atomic E-state index is 13.6. The molecule has 2 aromatic rings. The molecule has 0 atom stereocenters. The lowest BCUT2D eigenvalue weighted by atomic mass is 10.2. The summed E-state index contributed by atoms with van der Waals surface area (Å²) in [6, 6.07) is 3.75. The molecular formula is C13H8ClF4NO2. The molecule has 1 aromatic carbocycles. The Balaban J connectivity index is 2.39. The molecular weight excluding hydrogens is 314 g/mol. The third kappa shape index (κ3) is 3.36. The Bertz CT molecular complexity index is 694. The molecule has 0 unspecified atom stereocenters. The summed E-state index contributed by atoms with van der Waals surface area (Å²) in [7, 11) is 0. The second-order valence-electron chi connectivity index (χ2n) is 4.30. The predicted molar refractivity (Wildman–Crippen MR) is 66.9 cm³/mol. The van der Waals surface area contributed by atoms with Crippen LogP contribution >= 0.6 is 11.6 Å². The Morgan fingerprint density at radius 3 is 2.43 bits per heavy atom. The normalized spacial score (nSPS) is 11.7. The Labute approximate surface area is 121 Å². The summed E-state index contributed by atoms with van der Waals surface area (Å²) in [5, 5.41) is 8.95. The van der Waals surface area contributed by atoms with Gasteiger partial charge < -0.3 is 9.67 Å². The molecule has 0 aliphatic carbocycles. The number of hydrogen-bond donors (Lipinski definition) is 1. The lowest BCUT2D eigenvalue weighted by molar-refractivity contribution is -0.138. The van der Waals surface area contributed by atoms with Crippen molar-refractivity contribution in [3.63, 3.8) is 0 Å². The van der Waals surface area contributed by atoms with Crippen molar-refractivity contribution in [3.05, 3.63) is 58.1 Å². The van der Waals surface area contributed by atoms with Gasteiger partial charge in [-0.1, -0.05) is 17.7 Å². The van der Waals surface area contributed by atoms with Crippen molar-refractivity contribution >= 4 is 17.6 Å². The molecule has 0 saturated heterocycles. The molecule has 1 aromatic heterocycles. The largest absolute Gasteiger partial charge is 0.478 e. The van der Waals surface area contributed by atoms with Crippen molar-refractivity contribution in [2.45, 2.75) is 12.7 Å².